The number of esters is 1. The number of alkyl halides is 1. The first-order valence-corrected chi connectivity index (χ1v) is 16.7. The first-order valence-electron chi connectivity index (χ1n) is 15.1. The molecule has 17 heteroatoms. The van der Waals surface area contributed by atoms with Crippen molar-refractivity contribution in [3.63, 3.8) is 0 Å². The lowest BCUT2D eigenvalue weighted by Crippen LogP contribution is -2.54. The van der Waals surface area contributed by atoms with E-state index < -0.39 is 49.6 Å². The van der Waals surface area contributed by atoms with Gasteiger partial charge in [0.1, 0.15) is 36.2 Å². The minimum atomic E-state index is -4.57. The minimum Gasteiger partial charge on any atom is -0.476 e. The van der Waals surface area contributed by atoms with Gasteiger partial charge in [0.25, 0.3) is 5.85 Å². The van der Waals surface area contributed by atoms with E-state index in [0.717, 1.165) is 39.0 Å². The third-order valence-electron chi connectivity index (χ3n) is 8.31. The molecule has 1 aliphatic carbocycles. The van der Waals surface area contributed by atoms with Gasteiger partial charge in [-0.05, 0) is 65.5 Å². The number of rotatable bonds is 12. The van der Waals surface area contributed by atoms with Crippen LogP contribution in [0.25, 0.3) is 11.2 Å². The smallest absolute Gasteiger partial charge is 0.459 e. The fourth-order valence-corrected chi connectivity index (χ4v) is 7.13. The number of aromatic nitrogens is 4. The molecule has 1 aromatic carbocycles. The molecular formula is C29H40FN6O9P. The van der Waals surface area contributed by atoms with Gasteiger partial charge >= 0.3 is 13.7 Å². The summed E-state index contributed by atoms with van der Waals surface area (Å²) in [5.41, 5.74) is 1.63. The van der Waals surface area contributed by atoms with Gasteiger partial charge in [-0.25, -0.2) is 13.9 Å². The van der Waals surface area contributed by atoms with Crippen LogP contribution in [0.5, 0.6) is 11.6 Å². The average Bonchev–Trinajstić information content (AvgIpc) is 3.50. The lowest BCUT2D eigenvalue weighted by Gasteiger charge is -2.36. The van der Waals surface area contributed by atoms with Gasteiger partial charge in [-0.1, -0.05) is 24.6 Å². The predicted octanol–water partition coefficient (Wildman–Crippen LogP) is 3.35. The van der Waals surface area contributed by atoms with Gasteiger partial charge in [0, 0.05) is 0 Å². The lowest BCUT2D eigenvalue weighted by atomic mass is 9.88. The Kier molecular flexibility index (Phi) is 9.60. The van der Waals surface area contributed by atoms with Crippen LogP contribution < -0.4 is 20.1 Å². The Bertz CT molecular complexity index is 1590. The fraction of sp³-hybridized carbons (Fsp3) is 0.586. The number of carbonyl (C=O) groups excluding carboxylic acids is 1. The molecule has 5 N–H and O–H groups in total. The summed E-state index contributed by atoms with van der Waals surface area (Å²) in [7, 11) is -4.57. The van der Waals surface area contributed by atoms with Crippen molar-refractivity contribution in [2.75, 3.05) is 18.9 Å². The van der Waals surface area contributed by atoms with Crippen LogP contribution in [0.4, 0.5) is 10.3 Å². The van der Waals surface area contributed by atoms with E-state index >= 15 is 4.39 Å². The SMILES string of the molecule is CCOc1nc(N)nc2c1ncn2C1(C)O[C@](F)(COP(=O)(NC(C)C(=O)OC2CCCCC2)Oc2ccccc2)[C@@H](O)[C@@]1(C)O. The van der Waals surface area contributed by atoms with Crippen molar-refractivity contribution in [1.82, 2.24) is 24.6 Å². The third kappa shape index (κ3) is 6.55. The number of imidazole rings is 1. The number of nitrogen functional groups attached to an aromatic ring is 1. The molecule has 1 saturated carbocycles. The molecule has 5 rings (SSSR count). The number of nitrogens with zero attached hydrogens (tertiary/aromatic N) is 4. The maximum absolute atomic E-state index is 16.7. The van der Waals surface area contributed by atoms with Crippen molar-refractivity contribution in [3.8, 4) is 11.6 Å². The molecule has 252 valence electrons. The van der Waals surface area contributed by atoms with Crippen molar-refractivity contribution < 1.29 is 47.2 Å². The summed E-state index contributed by atoms with van der Waals surface area (Å²) >= 11 is 0. The summed E-state index contributed by atoms with van der Waals surface area (Å²) < 4.78 is 59.9. The van der Waals surface area contributed by atoms with Crippen molar-refractivity contribution in [1.29, 1.82) is 0 Å². The number of fused-ring (bicyclic) bond motifs is 1. The van der Waals surface area contributed by atoms with Crippen molar-refractivity contribution in [2.45, 2.75) is 95.2 Å². The molecule has 0 spiro atoms. The maximum Gasteiger partial charge on any atom is 0.459 e. The molecule has 3 aromatic rings. The molecule has 3 heterocycles. The molecule has 1 saturated heterocycles. The Morgan fingerprint density at radius 2 is 1.93 bits per heavy atom. The molecule has 2 aliphatic rings. The van der Waals surface area contributed by atoms with Crippen LogP contribution in [-0.4, -0.2) is 78.6 Å². The number of nitrogens with one attached hydrogen (secondary N) is 1. The number of nitrogens with two attached hydrogens (primary N) is 1. The van der Waals surface area contributed by atoms with E-state index in [1.54, 1.807) is 25.1 Å². The number of para-hydroxylation sites is 1. The molecule has 1 aliphatic heterocycles. The molecular weight excluding hydrogens is 626 g/mol. The van der Waals surface area contributed by atoms with E-state index in [-0.39, 0.29) is 41.5 Å². The Balaban J connectivity index is 1.40. The normalized spacial score (nSPS) is 28.9. The molecule has 3 unspecified atom stereocenters. The van der Waals surface area contributed by atoms with Crippen molar-refractivity contribution >= 4 is 30.8 Å². The first-order chi connectivity index (χ1) is 21.7. The number of carbonyl (C=O) groups is 1. The molecule has 0 amide bonds. The lowest BCUT2D eigenvalue weighted by molar-refractivity contribution is -0.240. The molecule has 15 nitrogen and oxygen atoms in total. The first kappa shape index (κ1) is 33.9. The van der Waals surface area contributed by atoms with Crippen LogP contribution in [0.1, 0.15) is 59.8 Å². The monoisotopic (exact) mass is 666 g/mol. The zero-order valence-corrected chi connectivity index (χ0v) is 27.0. The second-order valence-corrected chi connectivity index (χ2v) is 13.4. The number of ether oxygens (including phenoxy) is 3. The van der Waals surface area contributed by atoms with E-state index in [1.165, 1.54) is 36.9 Å². The second kappa shape index (κ2) is 13.0. The Hall–Kier alpha value is -3.40. The summed E-state index contributed by atoms with van der Waals surface area (Å²) in [5, 5.41) is 25.2. The molecule has 2 aromatic heterocycles. The third-order valence-corrected chi connectivity index (χ3v) is 9.93. The Morgan fingerprint density at radius 1 is 1.24 bits per heavy atom. The van der Waals surface area contributed by atoms with Gasteiger partial charge in [0.05, 0.1) is 12.9 Å². The van der Waals surface area contributed by atoms with E-state index in [9.17, 15) is 19.6 Å². The zero-order chi connectivity index (χ0) is 33.3. The largest absolute Gasteiger partial charge is 0.476 e. The quantitative estimate of drug-likeness (QED) is 0.162. The van der Waals surface area contributed by atoms with Crippen LogP contribution in [0, 0.1) is 0 Å². The van der Waals surface area contributed by atoms with Crippen LogP contribution in [-0.2, 0) is 29.1 Å². The molecule has 0 radical (unpaired) electrons. The molecule has 6 atom stereocenters. The maximum atomic E-state index is 16.7. The number of aliphatic hydroxyl groups excluding tert-OH is 1. The van der Waals surface area contributed by atoms with Crippen molar-refractivity contribution in [3.05, 3.63) is 36.7 Å². The number of hydrogen-bond acceptors (Lipinski definition) is 13. The van der Waals surface area contributed by atoms with E-state index in [1.807, 2.05) is 0 Å². The minimum absolute atomic E-state index is 0.0288. The van der Waals surface area contributed by atoms with Gasteiger partial charge in [-0.3, -0.25) is 13.9 Å². The van der Waals surface area contributed by atoms with Gasteiger partial charge in [-0.15, -0.1) is 0 Å². The molecule has 0 bridgehead atoms. The highest BCUT2D eigenvalue weighted by Crippen LogP contribution is 2.53. The van der Waals surface area contributed by atoms with Crippen LogP contribution in [0.3, 0.4) is 0 Å². The Labute approximate surface area is 265 Å². The number of anilines is 1. The number of aliphatic hydroxyl groups is 2. The highest BCUT2D eigenvalue weighted by molar-refractivity contribution is 7.52. The zero-order valence-electron chi connectivity index (χ0n) is 26.1. The van der Waals surface area contributed by atoms with Gasteiger partial charge < -0.3 is 34.7 Å². The fourth-order valence-electron chi connectivity index (χ4n) is 5.63. The predicted molar refractivity (Wildman–Crippen MR) is 162 cm³/mol. The number of halogens is 1. The summed E-state index contributed by atoms with van der Waals surface area (Å²) in [4.78, 5) is 25.3. The molecule has 46 heavy (non-hydrogen) atoms. The Morgan fingerprint density at radius 3 is 2.61 bits per heavy atom. The van der Waals surface area contributed by atoms with Crippen LogP contribution >= 0.6 is 7.75 Å². The number of benzene rings is 1. The van der Waals surface area contributed by atoms with E-state index in [4.69, 9.17) is 29.0 Å². The van der Waals surface area contributed by atoms with Crippen LogP contribution in [0.2, 0.25) is 0 Å². The summed E-state index contributed by atoms with van der Waals surface area (Å²) in [6.45, 7) is 4.65. The van der Waals surface area contributed by atoms with Gasteiger partial charge in [0.2, 0.25) is 11.8 Å². The number of hydrogen-bond donors (Lipinski definition) is 4. The summed E-state index contributed by atoms with van der Waals surface area (Å²) in [6, 6.07) is 6.74. The standard InChI is InChI=1S/C29H40FN6O9P/c1-5-41-23-21-22(33-26(31)34-23)36(17-32-21)28(4)27(3,39)25(38)29(30,45-28)16-42-46(40,44-20-14-10-7-11-15-20)35-18(2)24(37)43-19-12-8-6-9-13-19/h7,10-11,14-15,17-19,25,38-39H,5-6,8-9,12-13,16H2,1-4H3,(H,35,40)(H2,31,33,34)/t18?,25-,27+,28?,29+,46?/m0/s1. The van der Waals surface area contributed by atoms with Crippen molar-refractivity contribution in [2.24, 2.45) is 0 Å². The second-order valence-electron chi connectivity index (χ2n) is 11.8. The highest BCUT2D eigenvalue weighted by Gasteiger charge is 2.70. The average molecular weight is 667 g/mol. The molecule has 2 fully saturated rings. The van der Waals surface area contributed by atoms with E-state index in [0.29, 0.717) is 0 Å². The van der Waals surface area contributed by atoms with Gasteiger partial charge in [0.15, 0.2) is 16.9 Å². The van der Waals surface area contributed by atoms with E-state index in [2.05, 4.69) is 20.0 Å². The topological polar surface area (TPSA) is 202 Å². The van der Waals surface area contributed by atoms with Gasteiger partial charge in [-0.2, -0.15) is 15.1 Å². The highest BCUT2D eigenvalue weighted by atomic mass is 31.2. The summed E-state index contributed by atoms with van der Waals surface area (Å²) in [6.07, 6.45) is 3.07. The van der Waals surface area contributed by atoms with Crippen LogP contribution in [0.15, 0.2) is 36.7 Å². The summed E-state index contributed by atoms with van der Waals surface area (Å²) in [5.74, 6) is -3.89.